The van der Waals surface area contributed by atoms with E-state index in [1.807, 2.05) is 53.1 Å². The van der Waals surface area contributed by atoms with Gasteiger partial charge in [-0.25, -0.2) is 0 Å². The Hall–Kier alpha value is -3.77. The number of rotatable bonds is 9. The van der Waals surface area contributed by atoms with Gasteiger partial charge in [-0.15, -0.1) is 10.2 Å². The number of hydrogen-bond acceptors (Lipinski definition) is 7. The maximum absolute atomic E-state index is 12.7. The lowest BCUT2D eigenvalue weighted by atomic mass is 10.2. The van der Waals surface area contributed by atoms with E-state index in [4.69, 9.17) is 9.15 Å². The number of carbonyl (C=O) groups is 1. The fraction of sp³-hybridized carbons (Fsp3) is 0.250. The molecular formula is C24H23N5O3S. The van der Waals surface area contributed by atoms with Crippen molar-refractivity contribution in [3.05, 3.63) is 54.3 Å². The van der Waals surface area contributed by atoms with Crippen LogP contribution >= 0.6 is 11.8 Å². The molecule has 33 heavy (non-hydrogen) atoms. The number of benzene rings is 2. The highest BCUT2D eigenvalue weighted by molar-refractivity contribution is 7.99. The zero-order chi connectivity index (χ0) is 23.2. The van der Waals surface area contributed by atoms with Crippen LogP contribution in [-0.4, -0.2) is 33.5 Å². The smallest absolute Gasteiger partial charge is 0.234 e. The molecule has 0 fully saturated rings. The van der Waals surface area contributed by atoms with E-state index < -0.39 is 0 Å². The predicted octanol–water partition coefficient (Wildman–Crippen LogP) is 5.10. The maximum atomic E-state index is 12.7. The SMILES string of the molecule is CCCCn1c(SCC(=O)Nc2c(C#N)oc3ccccc23)nnc1-c1ccc(OC)cc1. The number of methoxy groups -OCH3 is 1. The number of thioether (sulfide) groups is 1. The number of fused-ring (bicyclic) bond motifs is 1. The summed E-state index contributed by atoms with van der Waals surface area (Å²) < 4.78 is 12.8. The normalized spacial score (nSPS) is 10.8. The standard InChI is InChI=1S/C24H23N5O3S/c1-3-4-13-29-23(16-9-11-17(31-2)12-10-16)27-28-24(29)33-15-21(30)26-22-18-7-5-6-8-19(18)32-20(22)14-25/h5-12H,3-4,13,15H2,1-2H3,(H,26,30). The molecule has 4 aromatic rings. The predicted molar refractivity (Wildman–Crippen MR) is 127 cm³/mol. The van der Waals surface area contributed by atoms with Crippen molar-refractivity contribution in [2.45, 2.75) is 31.5 Å². The van der Waals surface area contributed by atoms with Crippen LogP contribution in [0.25, 0.3) is 22.4 Å². The number of aromatic nitrogens is 3. The number of amides is 1. The molecule has 8 nitrogen and oxygen atoms in total. The van der Waals surface area contributed by atoms with E-state index in [9.17, 15) is 10.1 Å². The van der Waals surface area contributed by atoms with Gasteiger partial charge in [0, 0.05) is 17.5 Å². The van der Waals surface area contributed by atoms with Crippen molar-refractivity contribution >= 4 is 34.3 Å². The van der Waals surface area contributed by atoms with Crippen molar-refractivity contribution < 1.29 is 13.9 Å². The minimum Gasteiger partial charge on any atom is -0.497 e. The fourth-order valence-corrected chi connectivity index (χ4v) is 4.19. The van der Waals surface area contributed by atoms with E-state index in [2.05, 4.69) is 22.4 Å². The molecule has 1 amide bonds. The number of para-hydroxylation sites is 1. The van der Waals surface area contributed by atoms with Gasteiger partial charge in [-0.3, -0.25) is 4.79 Å². The molecule has 0 saturated carbocycles. The minimum absolute atomic E-state index is 0.0856. The third kappa shape index (κ3) is 4.86. The number of nitriles is 1. The molecule has 168 valence electrons. The van der Waals surface area contributed by atoms with Gasteiger partial charge in [0.05, 0.1) is 12.9 Å². The Labute approximate surface area is 195 Å². The zero-order valence-corrected chi connectivity index (χ0v) is 19.2. The van der Waals surface area contributed by atoms with Crippen LogP contribution in [0.4, 0.5) is 5.69 Å². The number of ether oxygens (including phenoxy) is 1. The highest BCUT2D eigenvalue weighted by Gasteiger charge is 2.19. The fourth-order valence-electron chi connectivity index (χ4n) is 3.42. The minimum atomic E-state index is -0.251. The Morgan fingerprint density at radius 2 is 2.00 bits per heavy atom. The van der Waals surface area contributed by atoms with E-state index in [1.54, 1.807) is 13.2 Å². The van der Waals surface area contributed by atoms with Crippen LogP contribution in [0.2, 0.25) is 0 Å². The summed E-state index contributed by atoms with van der Waals surface area (Å²) in [6.07, 6.45) is 1.99. The first-order chi connectivity index (χ1) is 16.1. The van der Waals surface area contributed by atoms with Crippen LogP contribution in [-0.2, 0) is 11.3 Å². The maximum Gasteiger partial charge on any atom is 0.234 e. The molecular weight excluding hydrogens is 438 g/mol. The van der Waals surface area contributed by atoms with Crippen LogP contribution in [0.1, 0.15) is 25.5 Å². The molecule has 0 aliphatic heterocycles. The molecule has 2 aromatic carbocycles. The van der Waals surface area contributed by atoms with Crippen molar-refractivity contribution in [1.82, 2.24) is 14.8 Å². The van der Waals surface area contributed by atoms with Gasteiger partial charge in [0.25, 0.3) is 0 Å². The average molecular weight is 462 g/mol. The van der Waals surface area contributed by atoms with Crippen LogP contribution in [0.3, 0.4) is 0 Å². The molecule has 2 aromatic heterocycles. The van der Waals surface area contributed by atoms with E-state index >= 15 is 0 Å². The molecule has 0 aliphatic carbocycles. The summed E-state index contributed by atoms with van der Waals surface area (Å²) in [4.78, 5) is 12.7. The zero-order valence-electron chi connectivity index (χ0n) is 18.4. The number of nitrogens with zero attached hydrogens (tertiary/aromatic N) is 4. The van der Waals surface area contributed by atoms with Crippen LogP contribution in [0.15, 0.2) is 58.1 Å². The molecule has 0 aliphatic rings. The second-order valence-electron chi connectivity index (χ2n) is 7.29. The van der Waals surface area contributed by atoms with Crippen molar-refractivity contribution in [1.29, 1.82) is 5.26 Å². The highest BCUT2D eigenvalue weighted by atomic mass is 32.2. The van der Waals surface area contributed by atoms with E-state index in [1.165, 1.54) is 11.8 Å². The molecule has 1 N–H and O–H groups in total. The average Bonchev–Trinajstić information content (AvgIpc) is 3.42. The Balaban J connectivity index is 1.51. The van der Waals surface area contributed by atoms with Crippen molar-refractivity contribution in [3.8, 4) is 23.2 Å². The van der Waals surface area contributed by atoms with Crippen molar-refractivity contribution in [2.24, 2.45) is 0 Å². The summed E-state index contributed by atoms with van der Waals surface area (Å²) in [5.41, 5.74) is 1.88. The summed E-state index contributed by atoms with van der Waals surface area (Å²) in [5.74, 6) is 1.48. The highest BCUT2D eigenvalue weighted by Crippen LogP contribution is 2.31. The van der Waals surface area contributed by atoms with Gasteiger partial charge in [0.1, 0.15) is 23.1 Å². The lowest BCUT2D eigenvalue weighted by molar-refractivity contribution is -0.113. The molecule has 9 heteroatoms. The quantitative estimate of drug-likeness (QED) is 0.346. The lowest BCUT2D eigenvalue weighted by Gasteiger charge is -2.10. The Morgan fingerprint density at radius 3 is 2.73 bits per heavy atom. The number of nitrogens with one attached hydrogen (secondary N) is 1. The van der Waals surface area contributed by atoms with Gasteiger partial charge in [0.15, 0.2) is 11.0 Å². The van der Waals surface area contributed by atoms with Crippen molar-refractivity contribution in [3.63, 3.8) is 0 Å². The molecule has 0 radical (unpaired) electrons. The monoisotopic (exact) mass is 461 g/mol. The van der Waals surface area contributed by atoms with Gasteiger partial charge >= 0.3 is 0 Å². The topological polar surface area (TPSA) is 106 Å². The van der Waals surface area contributed by atoms with Crippen LogP contribution in [0.5, 0.6) is 5.75 Å². The second-order valence-corrected chi connectivity index (χ2v) is 8.23. The molecule has 0 saturated heterocycles. The molecule has 0 atom stereocenters. The summed E-state index contributed by atoms with van der Waals surface area (Å²) in [7, 11) is 1.63. The number of hydrogen-bond donors (Lipinski definition) is 1. The number of anilines is 1. The van der Waals surface area contributed by atoms with Gasteiger partial charge < -0.3 is 19.0 Å². The largest absolute Gasteiger partial charge is 0.497 e. The Kier molecular flexibility index (Phi) is 6.95. The van der Waals surface area contributed by atoms with Gasteiger partial charge in [-0.1, -0.05) is 37.2 Å². The number of carbonyl (C=O) groups excluding carboxylic acids is 1. The van der Waals surface area contributed by atoms with Gasteiger partial charge in [-0.2, -0.15) is 5.26 Å². The second kappa shape index (κ2) is 10.2. The van der Waals surface area contributed by atoms with E-state index in [0.717, 1.165) is 36.5 Å². The van der Waals surface area contributed by atoms with Crippen LogP contribution in [0, 0.1) is 11.3 Å². The van der Waals surface area contributed by atoms with E-state index in [-0.39, 0.29) is 17.4 Å². The van der Waals surface area contributed by atoms with Crippen molar-refractivity contribution in [2.75, 3.05) is 18.2 Å². The first-order valence-electron chi connectivity index (χ1n) is 10.6. The van der Waals surface area contributed by atoms with E-state index in [0.29, 0.717) is 21.8 Å². The first-order valence-corrected chi connectivity index (χ1v) is 11.5. The molecule has 2 heterocycles. The summed E-state index contributed by atoms with van der Waals surface area (Å²) in [6, 6.07) is 16.9. The third-order valence-electron chi connectivity index (χ3n) is 5.09. The van der Waals surface area contributed by atoms with Gasteiger partial charge in [0.2, 0.25) is 11.7 Å². The Bertz CT molecular complexity index is 1300. The molecule has 4 rings (SSSR count). The molecule has 0 bridgehead atoms. The van der Waals surface area contributed by atoms with Gasteiger partial charge in [-0.05, 0) is 42.8 Å². The lowest BCUT2D eigenvalue weighted by Crippen LogP contribution is -2.15. The summed E-state index contributed by atoms with van der Waals surface area (Å²) in [6.45, 7) is 2.87. The molecule has 0 spiro atoms. The summed E-state index contributed by atoms with van der Waals surface area (Å²) in [5, 5.41) is 22.3. The third-order valence-corrected chi connectivity index (χ3v) is 6.06. The van der Waals surface area contributed by atoms with Crippen LogP contribution < -0.4 is 10.1 Å². The first kappa shape index (κ1) is 22.4. The number of furan rings is 1. The number of unbranched alkanes of at least 4 members (excludes halogenated alkanes) is 1. The summed E-state index contributed by atoms with van der Waals surface area (Å²) >= 11 is 1.31. The Morgan fingerprint density at radius 1 is 1.21 bits per heavy atom. The molecule has 0 unspecified atom stereocenters.